The average Bonchev–Trinajstić information content (AvgIpc) is 2.84. The summed E-state index contributed by atoms with van der Waals surface area (Å²) in [6, 6.07) is 9.74. The maximum Gasteiger partial charge on any atom is 0.346 e. The largest absolute Gasteiger partial charge is 0.496 e. The molecule has 11 nitrogen and oxygen atoms in total. The Morgan fingerprint density at radius 2 is 1.69 bits per heavy atom. The van der Waals surface area contributed by atoms with Crippen LogP contribution in [0.3, 0.4) is 0 Å². The van der Waals surface area contributed by atoms with Gasteiger partial charge in [-0.05, 0) is 36.4 Å². The van der Waals surface area contributed by atoms with Crippen molar-refractivity contribution < 1.29 is 29.0 Å². The highest BCUT2D eigenvalue weighted by Gasteiger charge is 2.25. The number of hydrogen-bond donors (Lipinski definition) is 4. The number of carbonyl (C=O) groups is 3. The van der Waals surface area contributed by atoms with E-state index in [2.05, 4.69) is 36.5 Å². The van der Waals surface area contributed by atoms with E-state index in [9.17, 15) is 24.3 Å². The molecule has 1 aromatic heterocycles. The van der Waals surface area contributed by atoms with Gasteiger partial charge >= 0.3 is 11.7 Å². The third-order valence-corrected chi connectivity index (χ3v) is 5.44. The van der Waals surface area contributed by atoms with Gasteiger partial charge < -0.3 is 30.2 Å². The Morgan fingerprint density at radius 1 is 1.06 bits per heavy atom. The van der Waals surface area contributed by atoms with Crippen LogP contribution >= 0.6 is 15.9 Å². The highest BCUT2D eigenvalue weighted by atomic mass is 79.9. The van der Waals surface area contributed by atoms with Crippen LogP contribution < -0.4 is 25.8 Å². The van der Waals surface area contributed by atoms with E-state index in [0.717, 1.165) is 4.47 Å². The Kier molecular flexibility index (Phi) is 8.21. The third-order valence-electron chi connectivity index (χ3n) is 4.91. The Hall–Kier alpha value is -4.19. The van der Waals surface area contributed by atoms with E-state index >= 15 is 0 Å². The van der Waals surface area contributed by atoms with Crippen LogP contribution in [0, 0.1) is 0 Å². The lowest BCUT2D eigenvalue weighted by Gasteiger charge is -2.17. The number of carboxylic acid groups (broad SMARTS) is 1. The van der Waals surface area contributed by atoms with Crippen molar-refractivity contribution in [2.24, 2.45) is 0 Å². The van der Waals surface area contributed by atoms with Gasteiger partial charge in [-0.1, -0.05) is 22.0 Å². The molecule has 12 heteroatoms. The van der Waals surface area contributed by atoms with E-state index in [-0.39, 0.29) is 40.4 Å². The van der Waals surface area contributed by atoms with Crippen molar-refractivity contribution >= 4 is 39.5 Å². The molecule has 3 aromatic rings. The normalized spacial score (nSPS) is 11.3. The molecule has 0 saturated heterocycles. The zero-order chi connectivity index (χ0) is 25.5. The van der Waals surface area contributed by atoms with Gasteiger partial charge in [0.25, 0.3) is 11.8 Å². The summed E-state index contributed by atoms with van der Waals surface area (Å²) < 4.78 is 11.2. The molecule has 1 atom stereocenters. The number of aromatic amines is 1. The van der Waals surface area contributed by atoms with E-state index in [1.165, 1.54) is 32.5 Å². The molecule has 4 N–H and O–H groups in total. The molecular formula is C23H21BrN4O7. The molecule has 1 unspecified atom stereocenters. The summed E-state index contributed by atoms with van der Waals surface area (Å²) in [5, 5.41) is 14.6. The first kappa shape index (κ1) is 25.4. The van der Waals surface area contributed by atoms with Crippen molar-refractivity contribution in [3.05, 3.63) is 80.3 Å². The summed E-state index contributed by atoms with van der Waals surface area (Å²) in [6.45, 7) is 0. The average molecular weight is 545 g/mol. The number of hydrogen-bond acceptors (Lipinski definition) is 7. The summed E-state index contributed by atoms with van der Waals surface area (Å²) in [5.41, 5.74) is -0.267. The van der Waals surface area contributed by atoms with Crippen molar-refractivity contribution in [1.29, 1.82) is 0 Å². The first-order valence-electron chi connectivity index (χ1n) is 10.1. The van der Waals surface area contributed by atoms with Gasteiger partial charge in [-0.2, -0.15) is 4.98 Å². The summed E-state index contributed by atoms with van der Waals surface area (Å²) in [5.74, 6) is -2.34. The molecule has 35 heavy (non-hydrogen) atoms. The molecule has 182 valence electrons. The first-order chi connectivity index (χ1) is 16.7. The second-order valence-electron chi connectivity index (χ2n) is 7.15. The molecule has 0 aliphatic carbocycles. The number of aliphatic carboxylic acids is 1. The molecule has 0 saturated carbocycles. The smallest absolute Gasteiger partial charge is 0.346 e. The fourth-order valence-electron chi connectivity index (χ4n) is 3.19. The Morgan fingerprint density at radius 3 is 2.26 bits per heavy atom. The number of halogens is 1. The second-order valence-corrected chi connectivity index (χ2v) is 8.06. The van der Waals surface area contributed by atoms with Gasteiger partial charge in [0, 0.05) is 28.2 Å². The number of H-pyrrole nitrogens is 1. The molecule has 0 aliphatic heterocycles. The SMILES string of the molecule is COc1cccc(OC)c1C(=O)Nc1nc(=O)[nH]cc1CC(NC(=O)c1ccc(Br)cc1)C(=O)O. The van der Waals surface area contributed by atoms with Crippen LogP contribution in [0.2, 0.25) is 0 Å². The summed E-state index contributed by atoms with van der Waals surface area (Å²) in [7, 11) is 2.77. The number of nitrogens with zero attached hydrogens (tertiary/aromatic N) is 1. The number of carboxylic acids is 1. The van der Waals surface area contributed by atoms with Gasteiger partial charge in [0.05, 0.1) is 14.2 Å². The van der Waals surface area contributed by atoms with E-state index < -0.39 is 29.5 Å². The Labute approximate surface area is 207 Å². The number of anilines is 1. The standard InChI is InChI=1S/C23H21BrN4O7/c1-34-16-4-3-5-17(35-2)18(16)21(30)27-19-13(11-25-23(33)28-19)10-15(22(31)32)26-20(29)12-6-8-14(24)9-7-12/h3-9,11,15H,10H2,1-2H3,(H,26,29)(H,31,32)(H2,25,27,28,30,33). The van der Waals surface area contributed by atoms with Crippen LogP contribution in [0.5, 0.6) is 11.5 Å². The Bertz CT molecular complexity index is 1290. The predicted octanol–water partition coefficient (Wildman–Crippen LogP) is 2.23. The van der Waals surface area contributed by atoms with Crippen molar-refractivity contribution in [2.45, 2.75) is 12.5 Å². The number of benzene rings is 2. The number of nitrogens with one attached hydrogen (secondary N) is 3. The lowest BCUT2D eigenvalue weighted by Crippen LogP contribution is -2.42. The first-order valence-corrected chi connectivity index (χ1v) is 10.9. The van der Waals surface area contributed by atoms with Crippen molar-refractivity contribution in [3.63, 3.8) is 0 Å². The topological polar surface area (TPSA) is 160 Å². The fraction of sp³-hybridized carbons (Fsp3) is 0.174. The minimum Gasteiger partial charge on any atom is -0.496 e. The summed E-state index contributed by atoms with van der Waals surface area (Å²) >= 11 is 3.27. The molecule has 0 aliphatic rings. The van der Waals surface area contributed by atoms with E-state index in [1.54, 1.807) is 30.3 Å². The molecule has 1 heterocycles. The number of carbonyl (C=O) groups excluding carboxylic acids is 2. The minimum atomic E-state index is -1.38. The van der Waals surface area contributed by atoms with E-state index in [4.69, 9.17) is 9.47 Å². The zero-order valence-electron chi connectivity index (χ0n) is 18.6. The lowest BCUT2D eigenvalue weighted by atomic mass is 10.1. The van der Waals surface area contributed by atoms with Gasteiger partial charge in [0.15, 0.2) is 0 Å². The maximum absolute atomic E-state index is 13.0. The molecule has 2 aromatic carbocycles. The van der Waals surface area contributed by atoms with Crippen LogP contribution in [0.4, 0.5) is 5.82 Å². The van der Waals surface area contributed by atoms with Crippen molar-refractivity contribution in [3.8, 4) is 11.5 Å². The number of amides is 2. The monoisotopic (exact) mass is 544 g/mol. The molecule has 3 rings (SSSR count). The van der Waals surface area contributed by atoms with Crippen LogP contribution in [0.1, 0.15) is 26.3 Å². The summed E-state index contributed by atoms with van der Waals surface area (Å²) in [6.07, 6.45) is 0.951. The Balaban J connectivity index is 1.88. The number of methoxy groups -OCH3 is 2. The van der Waals surface area contributed by atoms with Gasteiger partial charge in [0.1, 0.15) is 28.9 Å². The third kappa shape index (κ3) is 6.23. The molecule has 0 bridgehead atoms. The number of rotatable bonds is 9. The van der Waals surface area contributed by atoms with Crippen LogP contribution in [-0.4, -0.2) is 53.1 Å². The number of aromatic nitrogens is 2. The molecule has 2 amide bonds. The zero-order valence-corrected chi connectivity index (χ0v) is 20.2. The van der Waals surface area contributed by atoms with Gasteiger partial charge in [-0.3, -0.25) is 9.59 Å². The molecule has 0 spiro atoms. The molecule has 0 fully saturated rings. The van der Waals surface area contributed by atoms with Crippen LogP contribution in [-0.2, 0) is 11.2 Å². The fourth-order valence-corrected chi connectivity index (χ4v) is 3.46. The molecular weight excluding hydrogens is 524 g/mol. The van der Waals surface area contributed by atoms with Crippen LogP contribution in [0.15, 0.2) is 57.9 Å². The van der Waals surface area contributed by atoms with Crippen LogP contribution in [0.25, 0.3) is 0 Å². The number of ether oxygens (including phenoxy) is 2. The van der Waals surface area contributed by atoms with E-state index in [0.29, 0.717) is 0 Å². The highest BCUT2D eigenvalue weighted by molar-refractivity contribution is 9.10. The van der Waals surface area contributed by atoms with Crippen molar-refractivity contribution in [2.75, 3.05) is 19.5 Å². The molecule has 0 radical (unpaired) electrons. The van der Waals surface area contributed by atoms with E-state index in [1.807, 2.05) is 0 Å². The van der Waals surface area contributed by atoms with Gasteiger partial charge in [-0.15, -0.1) is 0 Å². The van der Waals surface area contributed by atoms with Gasteiger partial charge in [-0.25, -0.2) is 9.59 Å². The van der Waals surface area contributed by atoms with Gasteiger partial charge in [0.2, 0.25) is 0 Å². The quantitative estimate of drug-likeness (QED) is 0.319. The second kappa shape index (κ2) is 11.3. The highest BCUT2D eigenvalue weighted by Crippen LogP contribution is 2.29. The van der Waals surface area contributed by atoms with Crippen molar-refractivity contribution in [1.82, 2.24) is 15.3 Å². The lowest BCUT2D eigenvalue weighted by molar-refractivity contribution is -0.139. The summed E-state index contributed by atoms with van der Waals surface area (Å²) in [4.78, 5) is 55.4. The minimum absolute atomic E-state index is 0.0591. The maximum atomic E-state index is 13.0. The predicted molar refractivity (Wildman–Crippen MR) is 129 cm³/mol.